The number of ether oxygens (including phenoxy) is 1. The van der Waals surface area contributed by atoms with Crippen molar-refractivity contribution in [2.75, 3.05) is 7.05 Å². The van der Waals surface area contributed by atoms with Gasteiger partial charge < -0.3 is 4.74 Å². The lowest BCUT2D eigenvalue weighted by Crippen LogP contribution is -2.40. The summed E-state index contributed by atoms with van der Waals surface area (Å²) < 4.78 is 31.4. The molecule has 5 nitrogen and oxygen atoms in total. The molecule has 0 amide bonds. The molecule has 6 heteroatoms. The predicted octanol–water partition coefficient (Wildman–Crippen LogP) is 1.77. The molecule has 0 bridgehead atoms. The Kier molecular flexibility index (Phi) is 3.88. The van der Waals surface area contributed by atoms with Gasteiger partial charge in [0, 0.05) is 13.0 Å². The molecule has 0 N–H and O–H groups in total. The molecule has 2 rings (SSSR count). The number of cyclic esters (lactones) is 1. The van der Waals surface area contributed by atoms with E-state index in [1.54, 1.807) is 31.2 Å². The maximum absolute atomic E-state index is 12.5. The average Bonchev–Trinajstić information content (AvgIpc) is 2.66. The smallest absolute Gasteiger partial charge is 0.310 e. The number of aryl methyl sites for hydroxylation is 1. The Morgan fingerprint density at radius 1 is 1.15 bits per heavy atom. The second-order valence-corrected chi connectivity index (χ2v) is 7.31. The van der Waals surface area contributed by atoms with Crippen LogP contribution >= 0.6 is 0 Å². The molecule has 1 aromatic rings. The van der Waals surface area contributed by atoms with E-state index in [1.807, 2.05) is 13.8 Å². The third-order valence-electron chi connectivity index (χ3n) is 3.90. The summed E-state index contributed by atoms with van der Waals surface area (Å²) in [7, 11) is -2.22. The van der Waals surface area contributed by atoms with Crippen molar-refractivity contribution in [2.24, 2.45) is 11.8 Å². The predicted molar refractivity (Wildman–Crippen MR) is 74.3 cm³/mol. The van der Waals surface area contributed by atoms with Crippen molar-refractivity contribution in [1.82, 2.24) is 4.31 Å². The zero-order chi connectivity index (χ0) is 15.1. The average molecular weight is 297 g/mol. The first-order chi connectivity index (χ1) is 9.25. The van der Waals surface area contributed by atoms with E-state index < -0.39 is 16.3 Å². The zero-order valence-electron chi connectivity index (χ0n) is 12.0. The lowest BCUT2D eigenvalue weighted by Gasteiger charge is -2.25. The van der Waals surface area contributed by atoms with E-state index in [2.05, 4.69) is 0 Å². The fourth-order valence-corrected chi connectivity index (χ4v) is 3.54. The second-order valence-electron chi connectivity index (χ2n) is 5.31. The maximum Gasteiger partial charge on any atom is 0.310 e. The van der Waals surface area contributed by atoms with Crippen LogP contribution in [0, 0.1) is 18.8 Å². The molecule has 110 valence electrons. The molecule has 1 aliphatic rings. The topological polar surface area (TPSA) is 63.7 Å². The van der Waals surface area contributed by atoms with Gasteiger partial charge in [0.25, 0.3) is 0 Å². The first-order valence-corrected chi connectivity index (χ1v) is 7.94. The summed E-state index contributed by atoms with van der Waals surface area (Å²) in [6, 6.07) is 6.61. The summed E-state index contributed by atoms with van der Waals surface area (Å²) in [5.41, 5.74) is 0.987. The van der Waals surface area contributed by atoms with Crippen molar-refractivity contribution in [2.45, 2.75) is 31.9 Å². The Balaban J connectivity index is 2.30. The number of hydrogen-bond donors (Lipinski definition) is 0. The number of hydrogen-bond acceptors (Lipinski definition) is 4. The van der Waals surface area contributed by atoms with Gasteiger partial charge in [-0.2, -0.15) is 4.31 Å². The molecule has 1 aromatic carbocycles. The number of esters is 1. The van der Waals surface area contributed by atoms with Crippen LogP contribution in [0.1, 0.15) is 19.4 Å². The number of nitrogens with zero attached hydrogens (tertiary/aromatic N) is 1. The first kappa shape index (κ1) is 15.0. The van der Waals surface area contributed by atoms with E-state index in [4.69, 9.17) is 4.74 Å². The van der Waals surface area contributed by atoms with E-state index in [-0.39, 0.29) is 22.7 Å². The zero-order valence-corrected chi connectivity index (χ0v) is 12.8. The monoisotopic (exact) mass is 297 g/mol. The molecule has 0 aliphatic carbocycles. The minimum Gasteiger partial charge on any atom is -0.445 e. The standard InChI is InChI=1S/C14H19NO4S/c1-9-5-7-12(8-6-9)20(17,18)15(4)13-10(2)11(3)14(16)19-13/h5-8,10-11,13H,1-4H3/t10-,11+,13?/m0/s1. The number of benzene rings is 1. The van der Waals surface area contributed by atoms with Gasteiger partial charge in [0.2, 0.25) is 10.0 Å². The number of carbonyl (C=O) groups is 1. The highest BCUT2D eigenvalue weighted by Crippen LogP contribution is 2.32. The second kappa shape index (κ2) is 5.18. The largest absolute Gasteiger partial charge is 0.445 e. The Labute approximate surface area is 119 Å². The quantitative estimate of drug-likeness (QED) is 0.798. The highest BCUT2D eigenvalue weighted by molar-refractivity contribution is 7.89. The van der Waals surface area contributed by atoms with Crippen molar-refractivity contribution in [3.05, 3.63) is 29.8 Å². The molecule has 1 aliphatic heterocycles. The molecule has 20 heavy (non-hydrogen) atoms. The van der Waals surface area contributed by atoms with Crippen LogP contribution in [0.4, 0.5) is 0 Å². The Hall–Kier alpha value is -1.40. The highest BCUT2D eigenvalue weighted by Gasteiger charge is 2.44. The third kappa shape index (κ3) is 2.45. The van der Waals surface area contributed by atoms with Crippen LogP contribution in [0.25, 0.3) is 0 Å². The van der Waals surface area contributed by atoms with Gasteiger partial charge in [0.15, 0.2) is 6.23 Å². The van der Waals surface area contributed by atoms with Gasteiger partial charge in [-0.1, -0.05) is 31.5 Å². The first-order valence-electron chi connectivity index (χ1n) is 6.50. The lowest BCUT2D eigenvalue weighted by molar-refractivity contribution is -0.147. The van der Waals surface area contributed by atoms with Gasteiger partial charge in [0.1, 0.15) is 0 Å². The summed E-state index contributed by atoms with van der Waals surface area (Å²) >= 11 is 0. The molecule has 0 spiro atoms. The van der Waals surface area contributed by atoms with Crippen LogP contribution in [0.3, 0.4) is 0 Å². The van der Waals surface area contributed by atoms with Gasteiger partial charge in [-0.25, -0.2) is 8.42 Å². The molecular weight excluding hydrogens is 278 g/mol. The minimum atomic E-state index is -3.66. The van der Waals surface area contributed by atoms with Gasteiger partial charge in [-0.3, -0.25) is 4.79 Å². The minimum absolute atomic E-state index is 0.173. The molecule has 0 radical (unpaired) electrons. The van der Waals surface area contributed by atoms with Gasteiger partial charge in [-0.15, -0.1) is 0 Å². The normalized spacial score (nSPS) is 26.9. The molecule has 1 fully saturated rings. The van der Waals surface area contributed by atoms with Crippen LogP contribution in [0.5, 0.6) is 0 Å². The van der Waals surface area contributed by atoms with Gasteiger partial charge in [0.05, 0.1) is 10.8 Å². The lowest BCUT2D eigenvalue weighted by atomic mass is 9.98. The van der Waals surface area contributed by atoms with Crippen LogP contribution in [0.15, 0.2) is 29.2 Å². The molecular formula is C14H19NO4S. The van der Waals surface area contributed by atoms with Gasteiger partial charge in [-0.05, 0) is 19.1 Å². The van der Waals surface area contributed by atoms with E-state index in [0.29, 0.717) is 0 Å². The van der Waals surface area contributed by atoms with Crippen LogP contribution in [-0.2, 0) is 19.6 Å². The fraction of sp³-hybridized carbons (Fsp3) is 0.500. The van der Waals surface area contributed by atoms with Crippen molar-refractivity contribution in [3.63, 3.8) is 0 Å². The van der Waals surface area contributed by atoms with E-state index >= 15 is 0 Å². The number of rotatable bonds is 3. The highest BCUT2D eigenvalue weighted by atomic mass is 32.2. The molecule has 0 saturated carbocycles. The van der Waals surface area contributed by atoms with Crippen molar-refractivity contribution < 1.29 is 17.9 Å². The summed E-state index contributed by atoms with van der Waals surface area (Å²) in [4.78, 5) is 11.8. The van der Waals surface area contributed by atoms with E-state index in [1.165, 1.54) is 7.05 Å². The fourth-order valence-electron chi connectivity index (χ4n) is 2.21. The number of sulfonamides is 1. The molecule has 1 heterocycles. The molecule has 3 atom stereocenters. The number of carbonyl (C=O) groups excluding carboxylic acids is 1. The molecule has 0 aromatic heterocycles. The van der Waals surface area contributed by atoms with Crippen LogP contribution < -0.4 is 0 Å². The summed E-state index contributed by atoms with van der Waals surface area (Å²) in [6.45, 7) is 5.46. The van der Waals surface area contributed by atoms with Crippen molar-refractivity contribution in [3.8, 4) is 0 Å². The Morgan fingerprint density at radius 2 is 1.70 bits per heavy atom. The SMILES string of the molecule is Cc1ccc(S(=O)(=O)N(C)C2OC(=O)[C@H](C)[C@@H]2C)cc1. The molecule has 1 saturated heterocycles. The summed E-state index contributed by atoms with van der Waals surface area (Å²) in [5, 5.41) is 0. The Bertz CT molecular complexity index is 609. The van der Waals surface area contributed by atoms with Crippen molar-refractivity contribution in [1.29, 1.82) is 0 Å². The van der Waals surface area contributed by atoms with Gasteiger partial charge >= 0.3 is 5.97 Å². The van der Waals surface area contributed by atoms with Crippen LogP contribution in [0.2, 0.25) is 0 Å². The van der Waals surface area contributed by atoms with E-state index in [0.717, 1.165) is 9.87 Å². The summed E-state index contributed by atoms with van der Waals surface area (Å²) in [5.74, 6) is -0.822. The molecule has 1 unspecified atom stereocenters. The van der Waals surface area contributed by atoms with Crippen molar-refractivity contribution >= 4 is 16.0 Å². The third-order valence-corrected chi connectivity index (χ3v) is 5.74. The van der Waals surface area contributed by atoms with Crippen LogP contribution in [-0.4, -0.2) is 32.0 Å². The summed E-state index contributed by atoms with van der Waals surface area (Å²) in [6.07, 6.45) is -0.746. The van der Waals surface area contributed by atoms with E-state index in [9.17, 15) is 13.2 Å². The maximum atomic E-state index is 12.5. The Morgan fingerprint density at radius 3 is 2.15 bits per heavy atom.